The van der Waals surface area contributed by atoms with Crippen LogP contribution in [0.1, 0.15) is 22.3 Å². The van der Waals surface area contributed by atoms with E-state index < -0.39 is 11.8 Å². The number of aromatic nitrogens is 1. The molecule has 4 aromatic rings. The maximum atomic E-state index is 14.5. The van der Waals surface area contributed by atoms with Gasteiger partial charge >= 0.3 is 5.97 Å². The number of ether oxygens (including phenoxy) is 1. The summed E-state index contributed by atoms with van der Waals surface area (Å²) in [5.74, 6) is -0.803. The number of halogens is 1. The van der Waals surface area contributed by atoms with Crippen molar-refractivity contribution in [1.29, 1.82) is 5.26 Å². The zero-order valence-corrected chi connectivity index (χ0v) is 16.7. The smallest absolute Gasteiger partial charge is 0.307 e. The summed E-state index contributed by atoms with van der Waals surface area (Å²) in [6.07, 6.45) is 2.25. The molecule has 0 fully saturated rings. The van der Waals surface area contributed by atoms with Crippen molar-refractivity contribution in [3.05, 3.63) is 70.7 Å². The highest BCUT2D eigenvalue weighted by atomic mass is 19.1. The van der Waals surface area contributed by atoms with Crippen molar-refractivity contribution in [1.82, 2.24) is 4.98 Å². The largest absolute Gasteiger partial charge is 0.493 e. The fourth-order valence-corrected chi connectivity index (χ4v) is 4.53. The first-order valence-electron chi connectivity index (χ1n) is 9.89. The number of hydrogen-bond acceptors (Lipinski definition) is 4. The molecule has 2 heterocycles. The van der Waals surface area contributed by atoms with Gasteiger partial charge in [0, 0.05) is 29.0 Å². The van der Waals surface area contributed by atoms with Crippen LogP contribution in [0.4, 0.5) is 4.39 Å². The Labute approximate surface area is 177 Å². The molecule has 1 aliphatic rings. The van der Waals surface area contributed by atoms with Gasteiger partial charge in [-0.05, 0) is 71.0 Å². The van der Waals surface area contributed by atoms with E-state index >= 15 is 0 Å². The molecule has 0 unspecified atom stereocenters. The summed E-state index contributed by atoms with van der Waals surface area (Å²) in [5, 5.41) is 21.1. The molecule has 1 aromatic heterocycles. The van der Waals surface area contributed by atoms with E-state index in [0.717, 1.165) is 28.7 Å². The highest BCUT2D eigenvalue weighted by Gasteiger charge is 2.23. The quantitative estimate of drug-likeness (QED) is 0.516. The van der Waals surface area contributed by atoms with E-state index in [0.29, 0.717) is 39.6 Å². The number of nitrogens with zero attached hydrogens (tertiary/aromatic N) is 2. The van der Waals surface area contributed by atoms with Crippen LogP contribution in [0.2, 0.25) is 0 Å². The maximum absolute atomic E-state index is 14.5. The lowest BCUT2D eigenvalue weighted by atomic mass is 9.85. The third-order valence-corrected chi connectivity index (χ3v) is 5.84. The van der Waals surface area contributed by atoms with E-state index in [9.17, 15) is 19.6 Å². The average Bonchev–Trinajstić information content (AvgIpc) is 2.75. The first-order valence-corrected chi connectivity index (χ1v) is 9.89. The monoisotopic (exact) mass is 412 g/mol. The number of pyridine rings is 1. The number of nitriles is 1. The second kappa shape index (κ2) is 7.06. The molecular formula is C25H17FN2O3. The fourth-order valence-electron chi connectivity index (χ4n) is 4.53. The molecule has 31 heavy (non-hydrogen) atoms. The van der Waals surface area contributed by atoms with Gasteiger partial charge in [0.2, 0.25) is 0 Å². The fraction of sp³-hybridized carbons (Fsp3) is 0.160. The number of fused-ring (bicyclic) bond motifs is 1. The molecule has 3 aromatic carbocycles. The van der Waals surface area contributed by atoms with Gasteiger partial charge in [0.1, 0.15) is 11.6 Å². The summed E-state index contributed by atoms with van der Waals surface area (Å²) in [6.45, 7) is 2.40. The zero-order chi connectivity index (χ0) is 21.7. The number of carbonyl (C=O) groups is 1. The van der Waals surface area contributed by atoms with Crippen LogP contribution in [0.25, 0.3) is 32.8 Å². The van der Waals surface area contributed by atoms with Crippen LogP contribution in [0, 0.1) is 24.1 Å². The van der Waals surface area contributed by atoms with Gasteiger partial charge in [0.15, 0.2) is 0 Å². The SMILES string of the molecule is Cc1cc2c(C#N)cc(F)cc2c(-c2ccc3c4c(ccnc24)CCO3)c1CC(=O)O. The molecule has 0 saturated carbocycles. The maximum Gasteiger partial charge on any atom is 0.307 e. The summed E-state index contributed by atoms with van der Waals surface area (Å²) >= 11 is 0. The van der Waals surface area contributed by atoms with Gasteiger partial charge < -0.3 is 9.84 Å². The van der Waals surface area contributed by atoms with Crippen molar-refractivity contribution >= 4 is 27.6 Å². The van der Waals surface area contributed by atoms with Crippen molar-refractivity contribution in [3.63, 3.8) is 0 Å². The van der Waals surface area contributed by atoms with Gasteiger partial charge in [-0.25, -0.2) is 4.39 Å². The molecule has 1 aliphatic heterocycles. The van der Waals surface area contributed by atoms with Crippen molar-refractivity contribution in [2.75, 3.05) is 6.61 Å². The van der Waals surface area contributed by atoms with E-state index in [1.54, 1.807) is 12.3 Å². The minimum absolute atomic E-state index is 0.209. The minimum Gasteiger partial charge on any atom is -0.493 e. The molecule has 5 nitrogen and oxygen atoms in total. The Kier molecular flexibility index (Phi) is 4.33. The van der Waals surface area contributed by atoms with Crippen LogP contribution >= 0.6 is 0 Å². The Balaban J connectivity index is 1.97. The van der Waals surface area contributed by atoms with Crippen molar-refractivity contribution < 1.29 is 19.0 Å². The Morgan fingerprint density at radius 1 is 1.26 bits per heavy atom. The highest BCUT2D eigenvalue weighted by Crippen LogP contribution is 2.43. The molecule has 0 amide bonds. The normalized spacial score (nSPS) is 12.5. The second-order valence-corrected chi connectivity index (χ2v) is 7.68. The lowest BCUT2D eigenvalue weighted by Crippen LogP contribution is -2.10. The summed E-state index contributed by atoms with van der Waals surface area (Å²) in [4.78, 5) is 16.3. The zero-order valence-electron chi connectivity index (χ0n) is 16.7. The molecular weight excluding hydrogens is 395 g/mol. The van der Waals surface area contributed by atoms with E-state index in [-0.39, 0.29) is 12.0 Å². The number of aliphatic carboxylic acids is 1. The molecule has 1 N–H and O–H groups in total. The molecule has 0 aliphatic carbocycles. The predicted molar refractivity (Wildman–Crippen MR) is 115 cm³/mol. The molecule has 0 spiro atoms. The molecule has 5 rings (SSSR count). The number of benzene rings is 3. The topological polar surface area (TPSA) is 83.2 Å². The first-order chi connectivity index (χ1) is 15.0. The molecule has 152 valence electrons. The third kappa shape index (κ3) is 2.98. The predicted octanol–water partition coefficient (Wildman–Crippen LogP) is 4.94. The minimum atomic E-state index is -0.986. The average molecular weight is 412 g/mol. The van der Waals surface area contributed by atoms with Gasteiger partial charge in [0.25, 0.3) is 0 Å². The van der Waals surface area contributed by atoms with Crippen molar-refractivity contribution in [3.8, 4) is 22.9 Å². The Bertz CT molecular complexity index is 1440. The molecule has 6 heteroatoms. The lowest BCUT2D eigenvalue weighted by molar-refractivity contribution is -0.136. The van der Waals surface area contributed by atoms with Gasteiger partial charge in [0.05, 0.1) is 30.2 Å². The van der Waals surface area contributed by atoms with Crippen LogP contribution in [0.5, 0.6) is 5.75 Å². The third-order valence-electron chi connectivity index (χ3n) is 5.84. The standard InChI is InChI=1S/C25H17FN2O3/c1-13-8-19-15(12-27)9-16(26)10-20(19)24(18(13)11-22(29)30)17-2-3-21-23-14(5-7-31-21)4-6-28-25(17)23/h2-4,6,8-10H,5,7,11H2,1H3,(H,29,30). The van der Waals surface area contributed by atoms with E-state index in [1.165, 1.54) is 12.1 Å². The van der Waals surface area contributed by atoms with E-state index in [2.05, 4.69) is 11.1 Å². The summed E-state index contributed by atoms with van der Waals surface area (Å²) in [5.41, 5.74) is 4.59. The van der Waals surface area contributed by atoms with Crippen LogP contribution in [-0.4, -0.2) is 22.7 Å². The Morgan fingerprint density at radius 3 is 2.87 bits per heavy atom. The lowest BCUT2D eigenvalue weighted by Gasteiger charge is -2.22. The molecule has 0 bridgehead atoms. The highest BCUT2D eigenvalue weighted by molar-refractivity contribution is 6.09. The number of rotatable bonds is 3. The van der Waals surface area contributed by atoms with Gasteiger partial charge in [-0.15, -0.1) is 0 Å². The number of carboxylic acids is 1. The summed E-state index contributed by atoms with van der Waals surface area (Å²) < 4.78 is 20.3. The van der Waals surface area contributed by atoms with E-state index in [4.69, 9.17) is 4.74 Å². The first kappa shape index (κ1) is 19.0. The van der Waals surface area contributed by atoms with Crippen LogP contribution in [-0.2, 0) is 17.6 Å². The number of aryl methyl sites for hydroxylation is 1. The van der Waals surface area contributed by atoms with Crippen LogP contribution in [0.15, 0.2) is 42.6 Å². The Morgan fingerprint density at radius 2 is 2.10 bits per heavy atom. The molecule has 0 atom stereocenters. The van der Waals surface area contributed by atoms with E-state index in [1.807, 2.05) is 25.1 Å². The number of carboxylic acid groups (broad SMARTS) is 1. The Hall–Kier alpha value is -3.98. The van der Waals surface area contributed by atoms with Gasteiger partial charge in [-0.1, -0.05) is 0 Å². The van der Waals surface area contributed by atoms with Crippen molar-refractivity contribution in [2.45, 2.75) is 19.8 Å². The molecule has 0 radical (unpaired) electrons. The van der Waals surface area contributed by atoms with Crippen LogP contribution < -0.4 is 4.74 Å². The van der Waals surface area contributed by atoms with Crippen molar-refractivity contribution in [2.24, 2.45) is 0 Å². The van der Waals surface area contributed by atoms with Gasteiger partial charge in [-0.2, -0.15) is 5.26 Å². The van der Waals surface area contributed by atoms with Crippen LogP contribution in [0.3, 0.4) is 0 Å². The number of hydrogen-bond donors (Lipinski definition) is 1. The van der Waals surface area contributed by atoms with Gasteiger partial charge in [-0.3, -0.25) is 9.78 Å². The second-order valence-electron chi connectivity index (χ2n) is 7.68. The summed E-state index contributed by atoms with van der Waals surface area (Å²) in [6, 6.07) is 12.0. The summed E-state index contributed by atoms with van der Waals surface area (Å²) in [7, 11) is 0. The molecule has 0 saturated heterocycles.